The minimum atomic E-state index is -0.443. The van der Waals surface area contributed by atoms with Gasteiger partial charge in [-0.2, -0.15) is 0 Å². The Morgan fingerprint density at radius 1 is 1.11 bits per heavy atom. The second-order valence-electron chi connectivity index (χ2n) is 8.32. The molecule has 1 atom stereocenters. The van der Waals surface area contributed by atoms with E-state index in [0.717, 1.165) is 35.3 Å². The third-order valence-electron chi connectivity index (χ3n) is 5.08. The molecule has 0 aliphatic carbocycles. The summed E-state index contributed by atoms with van der Waals surface area (Å²) in [5.74, 6) is 0.575. The van der Waals surface area contributed by atoms with Crippen molar-refractivity contribution in [3.8, 4) is 11.4 Å². The van der Waals surface area contributed by atoms with Gasteiger partial charge in [-0.1, -0.05) is 70.5 Å². The summed E-state index contributed by atoms with van der Waals surface area (Å²) in [7, 11) is 0. The van der Waals surface area contributed by atoms with Crippen LogP contribution in [-0.4, -0.2) is 22.1 Å². The number of para-hydroxylation sites is 2. The van der Waals surface area contributed by atoms with E-state index in [1.807, 2.05) is 35.8 Å². The van der Waals surface area contributed by atoms with E-state index in [1.165, 1.54) is 5.56 Å². The van der Waals surface area contributed by atoms with Crippen LogP contribution in [0.4, 0.5) is 0 Å². The van der Waals surface area contributed by atoms with E-state index >= 15 is 0 Å². The van der Waals surface area contributed by atoms with Crippen molar-refractivity contribution in [2.24, 2.45) is 0 Å². The Hall–Kier alpha value is -2.62. The monoisotopic (exact) mass is 378 g/mol. The first kappa shape index (κ1) is 20.1. The predicted octanol–water partition coefficient (Wildman–Crippen LogP) is 5.91. The highest BCUT2D eigenvalue weighted by atomic mass is 16.5. The number of nitrogens with zero attached hydrogens (tertiary/aromatic N) is 2. The predicted molar refractivity (Wildman–Crippen MR) is 114 cm³/mol. The van der Waals surface area contributed by atoms with Gasteiger partial charge in [-0.15, -0.1) is 0 Å². The lowest BCUT2D eigenvalue weighted by Gasteiger charge is -2.20. The minimum absolute atomic E-state index is 0.0923. The molecule has 0 radical (unpaired) electrons. The van der Waals surface area contributed by atoms with Gasteiger partial charge in [-0.05, 0) is 36.5 Å². The third kappa shape index (κ3) is 4.11. The van der Waals surface area contributed by atoms with E-state index in [4.69, 9.17) is 9.72 Å². The molecule has 2 aromatic carbocycles. The Labute approximate surface area is 167 Å². The second kappa shape index (κ2) is 8.17. The standard InChI is InChI=1S/C24H30N2O2/c1-6-7-16-28-23(27)17(2)26-21-11-9-8-10-20(21)25-22(26)18-12-14-19(15-13-18)24(3,4)5/h8-15,17H,6-7,16H2,1-5H3. The highest BCUT2D eigenvalue weighted by molar-refractivity contribution is 5.84. The lowest BCUT2D eigenvalue weighted by atomic mass is 9.86. The zero-order chi connectivity index (χ0) is 20.3. The first-order valence-electron chi connectivity index (χ1n) is 10.1. The van der Waals surface area contributed by atoms with Crippen LogP contribution < -0.4 is 0 Å². The van der Waals surface area contributed by atoms with Crippen molar-refractivity contribution in [2.75, 3.05) is 6.61 Å². The second-order valence-corrected chi connectivity index (χ2v) is 8.32. The molecule has 0 aliphatic rings. The maximum atomic E-state index is 12.7. The van der Waals surface area contributed by atoms with Gasteiger partial charge in [0.1, 0.15) is 11.9 Å². The van der Waals surface area contributed by atoms with Crippen LogP contribution in [0.5, 0.6) is 0 Å². The third-order valence-corrected chi connectivity index (χ3v) is 5.08. The number of benzene rings is 2. The summed E-state index contributed by atoms with van der Waals surface area (Å²) in [6.07, 6.45) is 1.88. The molecule has 0 aliphatic heterocycles. The number of esters is 1. The van der Waals surface area contributed by atoms with Gasteiger partial charge in [0.2, 0.25) is 0 Å². The van der Waals surface area contributed by atoms with Crippen molar-refractivity contribution in [3.05, 3.63) is 54.1 Å². The van der Waals surface area contributed by atoms with Crippen LogP contribution in [0.2, 0.25) is 0 Å². The summed E-state index contributed by atoms with van der Waals surface area (Å²) in [6.45, 7) is 11.0. The fourth-order valence-corrected chi connectivity index (χ4v) is 3.30. The Bertz CT molecular complexity index is 949. The number of unbranched alkanes of at least 4 members (excludes halogenated alkanes) is 1. The lowest BCUT2D eigenvalue weighted by Crippen LogP contribution is -2.20. The summed E-state index contributed by atoms with van der Waals surface area (Å²) in [4.78, 5) is 17.5. The van der Waals surface area contributed by atoms with Crippen molar-refractivity contribution in [3.63, 3.8) is 0 Å². The molecule has 1 heterocycles. The molecule has 4 heteroatoms. The van der Waals surface area contributed by atoms with Crippen molar-refractivity contribution < 1.29 is 9.53 Å². The molecular weight excluding hydrogens is 348 g/mol. The van der Waals surface area contributed by atoms with Crippen LogP contribution in [0, 0.1) is 0 Å². The number of hydrogen-bond donors (Lipinski definition) is 0. The van der Waals surface area contributed by atoms with Gasteiger partial charge in [0.25, 0.3) is 0 Å². The Balaban J connectivity index is 2.03. The molecule has 3 rings (SSSR count). The molecule has 0 fully saturated rings. The molecule has 1 aromatic heterocycles. The summed E-state index contributed by atoms with van der Waals surface area (Å²) in [5, 5.41) is 0. The van der Waals surface area contributed by atoms with Crippen LogP contribution in [0.3, 0.4) is 0 Å². The molecule has 148 valence electrons. The van der Waals surface area contributed by atoms with Gasteiger partial charge in [0.05, 0.1) is 17.6 Å². The van der Waals surface area contributed by atoms with Crippen LogP contribution in [0.25, 0.3) is 22.4 Å². The van der Waals surface area contributed by atoms with Crippen LogP contribution in [0.1, 0.15) is 59.1 Å². The molecule has 28 heavy (non-hydrogen) atoms. The molecule has 3 aromatic rings. The number of carbonyl (C=O) groups excluding carboxylic acids is 1. The topological polar surface area (TPSA) is 44.1 Å². The number of imidazole rings is 1. The molecule has 0 saturated carbocycles. The van der Waals surface area contributed by atoms with Gasteiger partial charge in [0.15, 0.2) is 0 Å². The molecule has 0 N–H and O–H groups in total. The first-order valence-corrected chi connectivity index (χ1v) is 10.1. The van der Waals surface area contributed by atoms with Crippen LogP contribution in [0.15, 0.2) is 48.5 Å². The number of aromatic nitrogens is 2. The van der Waals surface area contributed by atoms with Gasteiger partial charge in [-0.25, -0.2) is 9.78 Å². The maximum absolute atomic E-state index is 12.7. The number of ether oxygens (including phenoxy) is 1. The van der Waals surface area contributed by atoms with E-state index in [-0.39, 0.29) is 11.4 Å². The SMILES string of the molecule is CCCCOC(=O)C(C)n1c(-c2ccc(C(C)(C)C)cc2)nc2ccccc21. The number of rotatable bonds is 6. The van der Waals surface area contributed by atoms with E-state index in [9.17, 15) is 4.79 Å². The quantitative estimate of drug-likeness (QED) is 0.396. The lowest BCUT2D eigenvalue weighted by molar-refractivity contribution is -0.147. The highest BCUT2D eigenvalue weighted by Crippen LogP contribution is 2.31. The summed E-state index contributed by atoms with van der Waals surface area (Å²) in [5.41, 5.74) is 4.18. The average Bonchev–Trinajstić information content (AvgIpc) is 3.06. The normalized spacial score (nSPS) is 12.9. The van der Waals surface area contributed by atoms with Crippen LogP contribution >= 0.6 is 0 Å². The van der Waals surface area contributed by atoms with Crippen molar-refractivity contribution in [2.45, 2.75) is 58.9 Å². The highest BCUT2D eigenvalue weighted by Gasteiger charge is 2.24. The zero-order valence-corrected chi connectivity index (χ0v) is 17.5. The zero-order valence-electron chi connectivity index (χ0n) is 17.5. The largest absolute Gasteiger partial charge is 0.464 e. The minimum Gasteiger partial charge on any atom is -0.464 e. The fourth-order valence-electron chi connectivity index (χ4n) is 3.30. The van der Waals surface area contributed by atoms with E-state index in [0.29, 0.717) is 6.61 Å². The van der Waals surface area contributed by atoms with Gasteiger partial charge in [-0.3, -0.25) is 0 Å². The Morgan fingerprint density at radius 3 is 2.43 bits per heavy atom. The van der Waals surface area contributed by atoms with Crippen molar-refractivity contribution in [1.29, 1.82) is 0 Å². The van der Waals surface area contributed by atoms with Gasteiger partial charge < -0.3 is 9.30 Å². The Kier molecular flexibility index (Phi) is 5.87. The molecule has 0 bridgehead atoms. The summed E-state index contributed by atoms with van der Waals surface area (Å²) < 4.78 is 7.48. The summed E-state index contributed by atoms with van der Waals surface area (Å²) in [6, 6.07) is 16.0. The number of carbonyl (C=O) groups is 1. The molecular formula is C24H30N2O2. The van der Waals surface area contributed by atoms with Crippen molar-refractivity contribution >= 4 is 17.0 Å². The summed E-state index contributed by atoms with van der Waals surface area (Å²) >= 11 is 0. The van der Waals surface area contributed by atoms with E-state index < -0.39 is 6.04 Å². The van der Waals surface area contributed by atoms with Gasteiger partial charge in [0, 0.05) is 5.56 Å². The maximum Gasteiger partial charge on any atom is 0.328 e. The van der Waals surface area contributed by atoms with Crippen LogP contribution in [-0.2, 0) is 14.9 Å². The van der Waals surface area contributed by atoms with E-state index in [1.54, 1.807) is 0 Å². The van der Waals surface area contributed by atoms with Crippen molar-refractivity contribution in [1.82, 2.24) is 9.55 Å². The molecule has 1 unspecified atom stereocenters. The number of hydrogen-bond acceptors (Lipinski definition) is 3. The Morgan fingerprint density at radius 2 is 1.79 bits per heavy atom. The smallest absolute Gasteiger partial charge is 0.328 e. The fraction of sp³-hybridized carbons (Fsp3) is 0.417. The number of fused-ring (bicyclic) bond motifs is 1. The van der Waals surface area contributed by atoms with E-state index in [2.05, 4.69) is 52.0 Å². The molecule has 0 spiro atoms. The first-order chi connectivity index (χ1) is 13.3. The molecule has 4 nitrogen and oxygen atoms in total. The molecule has 0 amide bonds. The average molecular weight is 379 g/mol. The molecule has 0 saturated heterocycles. The van der Waals surface area contributed by atoms with Gasteiger partial charge >= 0.3 is 5.97 Å².